The van der Waals surface area contributed by atoms with Crippen molar-refractivity contribution in [2.75, 3.05) is 5.32 Å². The molecule has 1 N–H and O–H groups in total. The first-order chi connectivity index (χ1) is 7.19. The summed E-state index contributed by atoms with van der Waals surface area (Å²) < 4.78 is 0. The van der Waals surface area contributed by atoms with Gasteiger partial charge in [0.1, 0.15) is 5.82 Å². The zero-order valence-electron chi connectivity index (χ0n) is 10.1. The first kappa shape index (κ1) is 12.0. The Hall–Kier alpha value is -1.12. The third kappa shape index (κ3) is 3.18. The number of nitrogens with one attached hydrogen (secondary N) is 1. The molecule has 3 heteroatoms. The summed E-state index contributed by atoms with van der Waals surface area (Å²) in [5.74, 6) is 1.61. The summed E-state index contributed by atoms with van der Waals surface area (Å²) in [6, 6.07) is 0.454. The summed E-state index contributed by atoms with van der Waals surface area (Å²) >= 11 is 0. The second-order valence-corrected chi connectivity index (χ2v) is 4.00. The Balaban J connectivity index is 2.65. The van der Waals surface area contributed by atoms with E-state index in [4.69, 9.17) is 0 Å². The van der Waals surface area contributed by atoms with Gasteiger partial charge in [0.05, 0.1) is 5.69 Å². The first-order valence-electron chi connectivity index (χ1n) is 5.73. The molecule has 1 unspecified atom stereocenters. The predicted molar refractivity (Wildman–Crippen MR) is 63.9 cm³/mol. The third-order valence-corrected chi connectivity index (χ3v) is 3.00. The van der Waals surface area contributed by atoms with Crippen LogP contribution in [0.1, 0.15) is 39.3 Å². The van der Waals surface area contributed by atoms with Crippen molar-refractivity contribution < 1.29 is 0 Å². The molecule has 84 valence electrons. The Morgan fingerprint density at radius 1 is 1.20 bits per heavy atom. The smallest absolute Gasteiger partial charge is 0.147 e. The molecular weight excluding hydrogens is 186 g/mol. The topological polar surface area (TPSA) is 37.8 Å². The van der Waals surface area contributed by atoms with Gasteiger partial charge in [-0.15, -0.1) is 0 Å². The van der Waals surface area contributed by atoms with Gasteiger partial charge in [0.25, 0.3) is 0 Å². The molecule has 0 aliphatic heterocycles. The molecule has 0 aliphatic carbocycles. The van der Waals surface area contributed by atoms with Gasteiger partial charge in [-0.1, -0.05) is 26.7 Å². The predicted octanol–water partition coefficient (Wildman–Crippen LogP) is 3.02. The van der Waals surface area contributed by atoms with Gasteiger partial charge in [-0.05, 0) is 19.8 Å². The molecule has 0 fully saturated rings. The molecule has 0 saturated heterocycles. The van der Waals surface area contributed by atoms with Crippen LogP contribution in [0.25, 0.3) is 0 Å². The van der Waals surface area contributed by atoms with Crippen molar-refractivity contribution in [1.29, 1.82) is 0 Å². The highest BCUT2D eigenvalue weighted by atomic mass is 15.0. The molecular formula is C12H21N3. The summed E-state index contributed by atoms with van der Waals surface area (Å²) in [7, 11) is 0. The molecule has 15 heavy (non-hydrogen) atoms. The van der Waals surface area contributed by atoms with Gasteiger partial charge in [-0.2, -0.15) is 0 Å². The van der Waals surface area contributed by atoms with Crippen LogP contribution in [0, 0.1) is 12.8 Å². The SMILES string of the molecule is CCC(CC)C(C)Nc1nccnc1C. The summed E-state index contributed by atoms with van der Waals surface area (Å²) in [6.45, 7) is 8.66. The Morgan fingerprint density at radius 3 is 2.33 bits per heavy atom. The van der Waals surface area contributed by atoms with Gasteiger partial charge >= 0.3 is 0 Å². The maximum Gasteiger partial charge on any atom is 0.147 e. The Kier molecular flexibility index (Phi) is 4.53. The molecule has 1 aromatic rings. The number of rotatable bonds is 5. The molecule has 0 aromatic carbocycles. The van der Waals surface area contributed by atoms with Gasteiger partial charge < -0.3 is 5.32 Å². The molecule has 0 bridgehead atoms. The zero-order chi connectivity index (χ0) is 11.3. The van der Waals surface area contributed by atoms with Gasteiger partial charge in [0.2, 0.25) is 0 Å². The lowest BCUT2D eigenvalue weighted by molar-refractivity contribution is 0.437. The van der Waals surface area contributed by atoms with Gasteiger partial charge in [0.15, 0.2) is 0 Å². The van der Waals surface area contributed by atoms with E-state index in [1.54, 1.807) is 12.4 Å². The van der Waals surface area contributed by atoms with Crippen LogP contribution in [0.5, 0.6) is 0 Å². The minimum Gasteiger partial charge on any atom is -0.366 e. The Labute approximate surface area is 92.3 Å². The molecule has 1 heterocycles. The number of anilines is 1. The highest BCUT2D eigenvalue weighted by Gasteiger charge is 2.14. The van der Waals surface area contributed by atoms with Crippen molar-refractivity contribution in [1.82, 2.24) is 9.97 Å². The monoisotopic (exact) mass is 207 g/mol. The molecule has 1 atom stereocenters. The lowest BCUT2D eigenvalue weighted by Crippen LogP contribution is -2.26. The highest BCUT2D eigenvalue weighted by Crippen LogP contribution is 2.17. The fraction of sp³-hybridized carbons (Fsp3) is 0.667. The third-order valence-electron chi connectivity index (χ3n) is 3.00. The molecule has 0 amide bonds. The van der Waals surface area contributed by atoms with E-state index in [1.165, 1.54) is 12.8 Å². The zero-order valence-corrected chi connectivity index (χ0v) is 10.1. The van der Waals surface area contributed by atoms with Crippen LogP contribution in [0.15, 0.2) is 12.4 Å². The van der Waals surface area contributed by atoms with Crippen LogP contribution < -0.4 is 5.32 Å². The first-order valence-corrected chi connectivity index (χ1v) is 5.73. The second-order valence-electron chi connectivity index (χ2n) is 4.00. The summed E-state index contributed by atoms with van der Waals surface area (Å²) in [4.78, 5) is 8.51. The maximum atomic E-state index is 4.30. The lowest BCUT2D eigenvalue weighted by atomic mass is 9.95. The van der Waals surface area contributed by atoms with Crippen molar-refractivity contribution in [3.05, 3.63) is 18.1 Å². The van der Waals surface area contributed by atoms with Gasteiger partial charge in [-0.25, -0.2) is 4.98 Å². The largest absolute Gasteiger partial charge is 0.366 e. The van der Waals surface area contributed by atoms with E-state index in [-0.39, 0.29) is 0 Å². The molecule has 0 radical (unpaired) electrons. The van der Waals surface area contributed by atoms with Crippen molar-refractivity contribution in [2.45, 2.75) is 46.6 Å². The van der Waals surface area contributed by atoms with Crippen LogP contribution >= 0.6 is 0 Å². The number of aryl methyl sites for hydroxylation is 1. The van der Waals surface area contributed by atoms with Crippen LogP contribution in [0.3, 0.4) is 0 Å². The van der Waals surface area contributed by atoms with Crippen LogP contribution in [0.2, 0.25) is 0 Å². The van der Waals surface area contributed by atoms with E-state index < -0.39 is 0 Å². The number of hydrogen-bond donors (Lipinski definition) is 1. The number of aromatic nitrogens is 2. The van der Waals surface area contributed by atoms with E-state index in [9.17, 15) is 0 Å². The lowest BCUT2D eigenvalue weighted by Gasteiger charge is -2.23. The van der Waals surface area contributed by atoms with Gasteiger partial charge in [-0.3, -0.25) is 4.98 Å². The average Bonchev–Trinajstić information content (AvgIpc) is 2.23. The van der Waals surface area contributed by atoms with E-state index in [1.807, 2.05) is 6.92 Å². The average molecular weight is 207 g/mol. The second kappa shape index (κ2) is 5.69. The fourth-order valence-corrected chi connectivity index (χ4v) is 1.88. The van der Waals surface area contributed by atoms with Crippen molar-refractivity contribution >= 4 is 5.82 Å². The highest BCUT2D eigenvalue weighted by molar-refractivity contribution is 5.39. The molecule has 0 spiro atoms. The normalized spacial score (nSPS) is 12.9. The minimum absolute atomic E-state index is 0.454. The summed E-state index contributed by atoms with van der Waals surface area (Å²) in [5.41, 5.74) is 0.968. The van der Waals surface area contributed by atoms with Gasteiger partial charge in [0, 0.05) is 18.4 Å². The fourth-order valence-electron chi connectivity index (χ4n) is 1.88. The van der Waals surface area contributed by atoms with Crippen LogP contribution in [-0.4, -0.2) is 16.0 Å². The molecule has 3 nitrogen and oxygen atoms in total. The molecule has 0 aliphatic rings. The van der Waals surface area contributed by atoms with Crippen LogP contribution in [-0.2, 0) is 0 Å². The van der Waals surface area contributed by atoms with Crippen molar-refractivity contribution in [2.24, 2.45) is 5.92 Å². The Bertz CT molecular complexity index is 295. The van der Waals surface area contributed by atoms with E-state index >= 15 is 0 Å². The molecule has 1 rings (SSSR count). The number of nitrogens with zero attached hydrogens (tertiary/aromatic N) is 2. The van der Waals surface area contributed by atoms with Crippen molar-refractivity contribution in [3.63, 3.8) is 0 Å². The van der Waals surface area contributed by atoms with Crippen molar-refractivity contribution in [3.8, 4) is 0 Å². The molecule has 0 saturated carbocycles. The summed E-state index contributed by atoms with van der Waals surface area (Å²) in [6.07, 6.45) is 5.85. The quantitative estimate of drug-likeness (QED) is 0.806. The minimum atomic E-state index is 0.454. The maximum absolute atomic E-state index is 4.30. The van der Waals surface area contributed by atoms with E-state index in [0.29, 0.717) is 12.0 Å². The summed E-state index contributed by atoms with van der Waals surface area (Å²) in [5, 5.41) is 3.44. The standard InChI is InChI=1S/C12H21N3/c1-5-11(6-2)9(3)15-12-10(4)13-7-8-14-12/h7-9,11H,5-6H2,1-4H3,(H,14,15). The molecule has 1 aromatic heterocycles. The van der Waals surface area contributed by atoms with E-state index in [0.717, 1.165) is 11.5 Å². The number of hydrogen-bond acceptors (Lipinski definition) is 3. The van der Waals surface area contributed by atoms with Crippen LogP contribution in [0.4, 0.5) is 5.82 Å². The van der Waals surface area contributed by atoms with E-state index in [2.05, 4.69) is 36.1 Å². The Morgan fingerprint density at radius 2 is 1.80 bits per heavy atom.